The van der Waals surface area contributed by atoms with Gasteiger partial charge in [0.15, 0.2) is 0 Å². The molecular weight excluding hydrogens is 413 g/mol. The van der Waals surface area contributed by atoms with Crippen LogP contribution in [0.4, 0.5) is 10.1 Å². The molecule has 32 heavy (non-hydrogen) atoms. The largest absolute Gasteiger partial charge is 0.400 e. The Morgan fingerprint density at radius 2 is 1.62 bits per heavy atom. The molecule has 2 amide bonds. The summed E-state index contributed by atoms with van der Waals surface area (Å²) >= 11 is 0. The molecule has 0 radical (unpaired) electrons. The van der Waals surface area contributed by atoms with E-state index in [-0.39, 0.29) is 17.6 Å². The van der Waals surface area contributed by atoms with Crippen LogP contribution in [0, 0.1) is 5.82 Å². The summed E-state index contributed by atoms with van der Waals surface area (Å²) in [6.45, 7) is 2.00. The lowest BCUT2D eigenvalue weighted by molar-refractivity contribution is 0.0826. The Bertz CT molecular complexity index is 927. The fourth-order valence-electron chi connectivity index (χ4n) is 3.14. The number of carbonyl (C=O) groups excluding carboxylic acids is 2. The Morgan fingerprint density at radius 1 is 1.00 bits per heavy atom. The molecule has 172 valence electrons. The third kappa shape index (κ3) is 7.25. The van der Waals surface area contributed by atoms with Crippen molar-refractivity contribution in [2.75, 3.05) is 34.4 Å². The number of ether oxygens (including phenoxy) is 1. The van der Waals surface area contributed by atoms with Gasteiger partial charge in [-0.3, -0.25) is 9.59 Å². The number of rotatable bonds is 2. The van der Waals surface area contributed by atoms with Gasteiger partial charge in [-0.25, -0.2) is 9.38 Å². The summed E-state index contributed by atoms with van der Waals surface area (Å²) in [6.07, 6.45) is 4.39. The van der Waals surface area contributed by atoms with Crippen LogP contribution < -0.4 is 5.32 Å². The fourth-order valence-corrected chi connectivity index (χ4v) is 3.14. The average molecular weight is 444 g/mol. The van der Waals surface area contributed by atoms with Crippen molar-refractivity contribution >= 4 is 23.3 Å². The van der Waals surface area contributed by atoms with Crippen molar-refractivity contribution in [3.63, 3.8) is 0 Å². The van der Waals surface area contributed by atoms with Crippen LogP contribution in [0.3, 0.4) is 0 Å². The van der Waals surface area contributed by atoms with E-state index >= 15 is 0 Å². The maximum atomic E-state index is 13.2. The lowest BCUT2D eigenvalue weighted by atomic mass is 10.1. The Balaban J connectivity index is 0.000000387. The zero-order valence-electron chi connectivity index (χ0n) is 18.7. The third-order valence-corrected chi connectivity index (χ3v) is 4.80. The van der Waals surface area contributed by atoms with Crippen LogP contribution >= 0.6 is 0 Å². The van der Waals surface area contributed by atoms with E-state index in [2.05, 4.69) is 10.3 Å². The number of fused-ring (bicyclic) bond motifs is 1. The van der Waals surface area contributed by atoms with E-state index in [9.17, 15) is 14.0 Å². The van der Waals surface area contributed by atoms with Crippen molar-refractivity contribution in [3.05, 3.63) is 65.0 Å². The Morgan fingerprint density at radius 3 is 2.16 bits per heavy atom. The molecule has 4 rings (SSSR count). The third-order valence-electron chi connectivity index (χ3n) is 4.80. The first kappa shape index (κ1) is 25.2. The van der Waals surface area contributed by atoms with Crippen LogP contribution in [0.25, 0.3) is 0 Å². The molecule has 2 aromatic carbocycles. The van der Waals surface area contributed by atoms with Crippen LogP contribution in [0.15, 0.2) is 47.5 Å². The van der Waals surface area contributed by atoms with Crippen molar-refractivity contribution < 1.29 is 23.8 Å². The van der Waals surface area contributed by atoms with Gasteiger partial charge in [0.2, 0.25) is 0 Å². The quantitative estimate of drug-likeness (QED) is 0.745. The highest BCUT2D eigenvalue weighted by molar-refractivity contribution is 6.09. The fraction of sp³-hybridized carbons (Fsp3) is 0.375. The predicted octanol–water partition coefficient (Wildman–Crippen LogP) is 3.34. The molecule has 2 aromatic rings. The van der Waals surface area contributed by atoms with E-state index in [1.807, 2.05) is 0 Å². The summed E-state index contributed by atoms with van der Waals surface area (Å²) in [5.74, 6) is -0.314. The van der Waals surface area contributed by atoms with Crippen LogP contribution in [-0.2, 0) is 11.2 Å². The zero-order chi connectivity index (χ0) is 23.5. The predicted molar refractivity (Wildman–Crippen MR) is 122 cm³/mol. The van der Waals surface area contributed by atoms with Gasteiger partial charge >= 0.3 is 0 Å². The highest BCUT2D eigenvalue weighted by Crippen LogP contribution is 2.26. The highest BCUT2D eigenvalue weighted by Gasteiger charge is 2.18. The molecule has 2 aliphatic rings. The van der Waals surface area contributed by atoms with Crippen LogP contribution in [0.2, 0.25) is 0 Å². The van der Waals surface area contributed by atoms with Gasteiger partial charge in [0.25, 0.3) is 11.8 Å². The molecule has 0 saturated carbocycles. The van der Waals surface area contributed by atoms with E-state index in [1.165, 1.54) is 36.3 Å². The van der Waals surface area contributed by atoms with E-state index in [0.29, 0.717) is 29.1 Å². The van der Waals surface area contributed by atoms with E-state index < -0.39 is 0 Å². The SMILES string of the molecule is C1CCOCC1.CN(C)C(=O)c1ccc(C(=O)NC2=Nc3cc(F)ccc3C2)cc1.CO. The van der Waals surface area contributed by atoms with Gasteiger partial charge in [0.05, 0.1) is 5.69 Å². The molecule has 0 unspecified atom stereocenters. The van der Waals surface area contributed by atoms with Crippen molar-refractivity contribution in [2.24, 2.45) is 4.99 Å². The number of amides is 2. The molecule has 8 heteroatoms. The Hall–Kier alpha value is -3.10. The minimum absolute atomic E-state index is 0.125. The Kier molecular flexibility index (Phi) is 9.97. The molecule has 1 fully saturated rings. The molecule has 0 aromatic heterocycles. The first-order chi connectivity index (χ1) is 15.4. The normalized spacial score (nSPS) is 14.0. The number of halogens is 1. The highest BCUT2D eigenvalue weighted by atomic mass is 19.1. The molecule has 0 spiro atoms. The van der Waals surface area contributed by atoms with E-state index in [1.54, 1.807) is 44.4 Å². The minimum Gasteiger partial charge on any atom is -0.400 e. The van der Waals surface area contributed by atoms with E-state index in [4.69, 9.17) is 9.84 Å². The van der Waals surface area contributed by atoms with Gasteiger partial charge in [-0.2, -0.15) is 0 Å². The molecule has 1 saturated heterocycles. The second-order valence-electron chi connectivity index (χ2n) is 7.41. The average Bonchev–Trinajstić information content (AvgIpc) is 3.22. The maximum absolute atomic E-state index is 13.2. The number of carbonyl (C=O) groups is 2. The number of amidine groups is 1. The minimum atomic E-state index is -0.355. The molecular formula is C24H30FN3O4. The molecule has 2 heterocycles. The molecule has 2 N–H and O–H groups in total. The van der Waals surface area contributed by atoms with Gasteiger partial charge < -0.3 is 20.1 Å². The summed E-state index contributed by atoms with van der Waals surface area (Å²) in [6, 6.07) is 10.8. The van der Waals surface area contributed by atoms with Crippen LogP contribution in [-0.4, -0.2) is 62.1 Å². The van der Waals surface area contributed by atoms with Gasteiger partial charge in [-0.1, -0.05) is 6.07 Å². The van der Waals surface area contributed by atoms with Crippen LogP contribution in [0.1, 0.15) is 45.5 Å². The van der Waals surface area contributed by atoms with Gasteiger partial charge in [0, 0.05) is 52.0 Å². The van der Waals surface area contributed by atoms with Crippen LogP contribution in [0.5, 0.6) is 0 Å². The maximum Gasteiger partial charge on any atom is 0.256 e. The number of aliphatic imine (C=N–C) groups is 1. The lowest BCUT2D eigenvalue weighted by Gasteiger charge is -2.10. The second-order valence-corrected chi connectivity index (χ2v) is 7.41. The zero-order valence-corrected chi connectivity index (χ0v) is 18.7. The standard InChI is InChI=1S/C18H16FN3O2.C5H10O.CH4O/c1-22(2)18(24)12-5-3-11(4-6-12)17(23)21-16-9-13-7-8-14(19)10-15(13)20-16;1-2-4-6-5-3-1;1-2/h3-8,10H,9H2,1-2H3,(H,20,21,23);1-5H2;2H,1H3. The van der Waals surface area contributed by atoms with Crippen molar-refractivity contribution in [1.82, 2.24) is 10.2 Å². The monoisotopic (exact) mass is 443 g/mol. The van der Waals surface area contributed by atoms with Gasteiger partial charge in [-0.05, 0) is 61.2 Å². The van der Waals surface area contributed by atoms with Gasteiger partial charge in [-0.15, -0.1) is 0 Å². The Labute approximate surface area is 187 Å². The van der Waals surface area contributed by atoms with E-state index in [0.717, 1.165) is 25.9 Å². The first-order valence-electron chi connectivity index (χ1n) is 10.5. The lowest BCUT2D eigenvalue weighted by Crippen LogP contribution is -2.30. The summed E-state index contributed by atoms with van der Waals surface area (Å²) in [7, 11) is 4.34. The van der Waals surface area contributed by atoms with Crippen molar-refractivity contribution in [2.45, 2.75) is 25.7 Å². The topological polar surface area (TPSA) is 91.2 Å². The number of benzene rings is 2. The van der Waals surface area contributed by atoms with Crippen molar-refractivity contribution in [3.8, 4) is 0 Å². The summed E-state index contributed by atoms with van der Waals surface area (Å²) in [5, 5.41) is 9.73. The molecule has 0 atom stereocenters. The molecule has 0 aliphatic carbocycles. The summed E-state index contributed by atoms with van der Waals surface area (Å²) in [4.78, 5) is 29.8. The number of aliphatic hydroxyl groups excluding tert-OH is 1. The summed E-state index contributed by atoms with van der Waals surface area (Å²) < 4.78 is 18.3. The first-order valence-corrected chi connectivity index (χ1v) is 10.5. The number of hydrogen-bond donors (Lipinski definition) is 2. The number of nitrogens with one attached hydrogen (secondary N) is 1. The van der Waals surface area contributed by atoms with Crippen molar-refractivity contribution in [1.29, 1.82) is 0 Å². The number of nitrogens with zero attached hydrogens (tertiary/aromatic N) is 2. The number of aliphatic hydroxyl groups is 1. The molecule has 0 bridgehead atoms. The molecule has 7 nitrogen and oxygen atoms in total. The summed E-state index contributed by atoms with van der Waals surface area (Å²) in [5.41, 5.74) is 2.35. The molecule has 2 aliphatic heterocycles. The van der Waals surface area contributed by atoms with Gasteiger partial charge in [0.1, 0.15) is 11.7 Å². The second kappa shape index (κ2) is 12.7. The number of hydrogen-bond acceptors (Lipinski definition) is 5. The smallest absolute Gasteiger partial charge is 0.256 e.